The number of carbonyl (C=O) groups is 1. The minimum Gasteiger partial charge on any atom is -0.444 e. The summed E-state index contributed by atoms with van der Waals surface area (Å²) in [5.74, 6) is 0.777. The van der Waals surface area contributed by atoms with Gasteiger partial charge in [0.2, 0.25) is 0 Å². The number of benzene rings is 1. The number of pyridine rings is 2. The van der Waals surface area contributed by atoms with Gasteiger partial charge in [-0.05, 0) is 57.9 Å². The van der Waals surface area contributed by atoms with E-state index >= 15 is 0 Å². The number of fused-ring (bicyclic) bond motifs is 1. The molecule has 3 aromatic rings. The molecule has 0 spiro atoms. The maximum Gasteiger partial charge on any atom is 0.410 e. The largest absolute Gasteiger partial charge is 0.444 e. The molecule has 0 unspecified atom stereocenters. The molecule has 7 heteroatoms. The van der Waals surface area contributed by atoms with Crippen LogP contribution in [-0.2, 0) is 4.74 Å². The third-order valence-electron chi connectivity index (χ3n) is 5.41. The van der Waals surface area contributed by atoms with Gasteiger partial charge >= 0.3 is 6.09 Å². The maximum absolute atomic E-state index is 12.3. The molecule has 3 heterocycles. The van der Waals surface area contributed by atoms with Gasteiger partial charge in [-0.2, -0.15) is 5.26 Å². The summed E-state index contributed by atoms with van der Waals surface area (Å²) in [7, 11) is 0. The molecule has 32 heavy (non-hydrogen) atoms. The average Bonchev–Trinajstić information content (AvgIpc) is 2.78. The zero-order valence-corrected chi connectivity index (χ0v) is 18.6. The Morgan fingerprint density at radius 1 is 1.19 bits per heavy atom. The fraction of sp³-hybridized carbons (Fsp3) is 0.360. The van der Waals surface area contributed by atoms with Gasteiger partial charge in [0.25, 0.3) is 0 Å². The summed E-state index contributed by atoms with van der Waals surface area (Å²) in [6.45, 7) is 6.93. The molecule has 1 aliphatic heterocycles. The number of amides is 1. The molecule has 0 aliphatic carbocycles. The first-order valence-electron chi connectivity index (χ1n) is 10.8. The molecule has 1 saturated heterocycles. The Kier molecular flexibility index (Phi) is 5.95. The molecule has 0 saturated carbocycles. The van der Waals surface area contributed by atoms with Gasteiger partial charge in [-0.15, -0.1) is 0 Å². The fourth-order valence-corrected chi connectivity index (χ4v) is 3.85. The zero-order valence-electron chi connectivity index (χ0n) is 18.6. The van der Waals surface area contributed by atoms with Crippen LogP contribution in [-0.4, -0.2) is 45.7 Å². The number of likely N-dealkylation sites (tertiary alicyclic amines) is 1. The van der Waals surface area contributed by atoms with Crippen molar-refractivity contribution in [2.24, 2.45) is 0 Å². The number of hydrogen-bond acceptors (Lipinski definition) is 6. The smallest absolute Gasteiger partial charge is 0.410 e. The number of nitrogens with zero attached hydrogens (tertiary/aromatic N) is 4. The van der Waals surface area contributed by atoms with E-state index in [1.807, 2.05) is 57.3 Å². The highest BCUT2D eigenvalue weighted by atomic mass is 16.6. The molecule has 0 radical (unpaired) electrons. The van der Waals surface area contributed by atoms with Crippen molar-refractivity contribution in [1.29, 1.82) is 5.26 Å². The Hall–Kier alpha value is -3.66. The number of piperidine rings is 1. The Labute approximate surface area is 188 Å². The fourth-order valence-electron chi connectivity index (χ4n) is 3.85. The van der Waals surface area contributed by atoms with Crippen molar-refractivity contribution in [2.45, 2.75) is 45.3 Å². The summed E-state index contributed by atoms with van der Waals surface area (Å²) >= 11 is 0. The van der Waals surface area contributed by atoms with Crippen molar-refractivity contribution >= 4 is 22.7 Å². The second-order valence-electron chi connectivity index (χ2n) is 9.03. The van der Waals surface area contributed by atoms with Crippen molar-refractivity contribution in [1.82, 2.24) is 14.9 Å². The minimum atomic E-state index is -0.486. The number of hydrogen-bond donors (Lipinski definition) is 1. The SMILES string of the molecule is CC(C)(C)OC(=O)N1CCC(Nc2cc3c(-c4cccc(C#N)c4)nccc3cn2)CC1. The number of ether oxygens (including phenoxy) is 1. The summed E-state index contributed by atoms with van der Waals surface area (Å²) in [4.78, 5) is 23.2. The zero-order chi connectivity index (χ0) is 22.7. The first-order chi connectivity index (χ1) is 15.3. The van der Waals surface area contributed by atoms with Crippen molar-refractivity contribution in [3.8, 4) is 17.3 Å². The Morgan fingerprint density at radius 2 is 1.97 bits per heavy atom. The molecule has 1 N–H and O–H groups in total. The second kappa shape index (κ2) is 8.83. The average molecular weight is 430 g/mol. The predicted octanol–water partition coefficient (Wildman–Crippen LogP) is 4.98. The van der Waals surface area contributed by atoms with Gasteiger partial charge in [-0.3, -0.25) is 4.98 Å². The van der Waals surface area contributed by atoms with Crippen LogP contribution < -0.4 is 5.32 Å². The molecule has 1 aromatic carbocycles. The van der Waals surface area contributed by atoms with Crippen LogP contribution in [0.5, 0.6) is 0 Å². The van der Waals surface area contributed by atoms with Crippen molar-refractivity contribution in [3.05, 3.63) is 54.4 Å². The van der Waals surface area contributed by atoms with E-state index in [2.05, 4.69) is 21.4 Å². The van der Waals surface area contributed by atoms with Gasteiger partial charge in [-0.25, -0.2) is 9.78 Å². The molecular formula is C25H27N5O2. The lowest BCUT2D eigenvalue weighted by Gasteiger charge is -2.33. The van der Waals surface area contributed by atoms with Crippen molar-refractivity contribution in [3.63, 3.8) is 0 Å². The van der Waals surface area contributed by atoms with Crippen LogP contribution in [0.1, 0.15) is 39.2 Å². The molecule has 1 aliphatic rings. The lowest BCUT2D eigenvalue weighted by molar-refractivity contribution is 0.0210. The first kappa shape index (κ1) is 21.6. The number of rotatable bonds is 3. The van der Waals surface area contributed by atoms with Crippen LogP contribution in [0.2, 0.25) is 0 Å². The highest BCUT2D eigenvalue weighted by Crippen LogP contribution is 2.29. The Morgan fingerprint density at radius 3 is 2.69 bits per heavy atom. The molecule has 0 bridgehead atoms. The summed E-state index contributed by atoms with van der Waals surface area (Å²) < 4.78 is 5.48. The van der Waals surface area contributed by atoms with Crippen molar-refractivity contribution in [2.75, 3.05) is 18.4 Å². The number of aromatic nitrogens is 2. The molecule has 1 amide bonds. The number of nitriles is 1. The third kappa shape index (κ3) is 4.97. The normalized spacial score (nSPS) is 14.8. The van der Waals surface area contributed by atoms with Crippen LogP contribution in [0, 0.1) is 11.3 Å². The summed E-state index contributed by atoms with van der Waals surface area (Å²) in [5, 5.41) is 14.7. The minimum absolute atomic E-state index is 0.223. The second-order valence-corrected chi connectivity index (χ2v) is 9.03. The van der Waals surface area contributed by atoms with Crippen molar-refractivity contribution < 1.29 is 9.53 Å². The molecule has 164 valence electrons. The Balaban J connectivity index is 1.49. The number of carbonyl (C=O) groups excluding carboxylic acids is 1. The van der Waals surface area contributed by atoms with E-state index in [4.69, 9.17) is 4.74 Å². The van der Waals surface area contributed by atoms with Crippen LogP contribution in [0.15, 0.2) is 48.8 Å². The summed E-state index contributed by atoms with van der Waals surface area (Å²) in [5.41, 5.74) is 1.84. The van der Waals surface area contributed by atoms with Gasteiger partial charge in [0.15, 0.2) is 0 Å². The van der Waals surface area contributed by atoms with Crippen LogP contribution in [0.3, 0.4) is 0 Å². The third-order valence-corrected chi connectivity index (χ3v) is 5.41. The van der Waals surface area contributed by atoms with Crippen LogP contribution in [0.4, 0.5) is 10.6 Å². The molecule has 2 aromatic heterocycles. The van der Waals surface area contributed by atoms with E-state index in [0.29, 0.717) is 18.7 Å². The lowest BCUT2D eigenvalue weighted by Crippen LogP contribution is -2.44. The molecule has 0 atom stereocenters. The summed E-state index contributed by atoms with van der Waals surface area (Å²) in [6.07, 6.45) is 4.99. The first-order valence-corrected chi connectivity index (χ1v) is 10.8. The topological polar surface area (TPSA) is 91.1 Å². The number of nitrogens with one attached hydrogen (secondary N) is 1. The highest BCUT2D eigenvalue weighted by molar-refractivity contribution is 5.95. The van der Waals surface area contributed by atoms with Crippen LogP contribution >= 0.6 is 0 Å². The van der Waals surface area contributed by atoms with Gasteiger partial charge in [0.1, 0.15) is 11.4 Å². The van der Waals surface area contributed by atoms with Gasteiger partial charge in [0, 0.05) is 47.9 Å². The van der Waals surface area contributed by atoms with E-state index in [1.165, 1.54) is 0 Å². The number of anilines is 1. The summed E-state index contributed by atoms with van der Waals surface area (Å²) in [6, 6.07) is 13.8. The molecule has 7 nitrogen and oxygen atoms in total. The van der Waals surface area contributed by atoms with E-state index in [9.17, 15) is 10.1 Å². The van der Waals surface area contributed by atoms with Crippen LogP contribution in [0.25, 0.3) is 22.0 Å². The standard InChI is InChI=1S/C25H27N5O2/c1-25(2,3)32-24(31)30-11-8-20(9-12-30)29-22-14-21-19(16-28-22)7-10-27-23(21)18-6-4-5-17(13-18)15-26/h4-7,10,13-14,16,20H,8-9,11-12H2,1-3H3,(H,28,29). The maximum atomic E-state index is 12.3. The predicted molar refractivity (Wildman–Crippen MR) is 124 cm³/mol. The van der Waals surface area contributed by atoms with E-state index in [0.717, 1.165) is 40.7 Å². The lowest BCUT2D eigenvalue weighted by atomic mass is 10.0. The monoisotopic (exact) mass is 429 g/mol. The van der Waals surface area contributed by atoms with E-state index in [1.54, 1.807) is 17.2 Å². The quantitative estimate of drug-likeness (QED) is 0.631. The van der Waals surface area contributed by atoms with E-state index in [-0.39, 0.29) is 12.1 Å². The highest BCUT2D eigenvalue weighted by Gasteiger charge is 2.27. The molecular weight excluding hydrogens is 402 g/mol. The van der Waals surface area contributed by atoms with Gasteiger partial charge < -0.3 is 15.0 Å². The van der Waals surface area contributed by atoms with E-state index < -0.39 is 5.60 Å². The molecule has 4 rings (SSSR count). The van der Waals surface area contributed by atoms with Gasteiger partial charge in [-0.1, -0.05) is 12.1 Å². The Bertz CT molecular complexity index is 1170. The molecule has 1 fully saturated rings. The van der Waals surface area contributed by atoms with Gasteiger partial charge in [0.05, 0.1) is 17.3 Å².